The molecule has 2 rings (SSSR count). The number of aromatic nitrogens is 2. The van der Waals surface area contributed by atoms with E-state index in [1.54, 1.807) is 18.6 Å². The molecule has 0 spiro atoms. The summed E-state index contributed by atoms with van der Waals surface area (Å²) in [6, 6.07) is 1.69. The fraction of sp³-hybridized carbons (Fsp3) is 0.111. The third kappa shape index (κ3) is 1.82. The molecule has 0 radical (unpaired) electrons. The van der Waals surface area contributed by atoms with Gasteiger partial charge in [-0.2, -0.15) is 0 Å². The highest BCUT2D eigenvalue weighted by Gasteiger charge is 2.06. The zero-order valence-electron chi connectivity index (χ0n) is 7.25. The van der Waals surface area contributed by atoms with Crippen molar-refractivity contribution in [2.75, 3.05) is 0 Å². The van der Waals surface area contributed by atoms with Gasteiger partial charge in [0.2, 0.25) is 0 Å². The number of imidazole rings is 1. The van der Waals surface area contributed by atoms with E-state index in [-0.39, 0.29) is 0 Å². The van der Waals surface area contributed by atoms with Gasteiger partial charge in [0, 0.05) is 18.9 Å². The van der Waals surface area contributed by atoms with Crippen LogP contribution in [0.4, 0.5) is 0 Å². The first-order chi connectivity index (χ1) is 6.75. The monoisotopic (exact) mass is 208 g/mol. The van der Waals surface area contributed by atoms with E-state index in [0.29, 0.717) is 11.4 Å². The molecule has 0 bridgehead atoms. The Hall–Kier alpha value is -1.62. The maximum Gasteiger partial charge on any atom is 0.345 e. The van der Waals surface area contributed by atoms with Crippen molar-refractivity contribution in [3.8, 4) is 0 Å². The number of carboxylic acid groups (broad SMARTS) is 1. The van der Waals surface area contributed by atoms with Crippen molar-refractivity contribution < 1.29 is 9.90 Å². The van der Waals surface area contributed by atoms with E-state index in [4.69, 9.17) is 5.11 Å². The van der Waals surface area contributed by atoms with Crippen LogP contribution >= 0.6 is 11.3 Å². The number of carbonyl (C=O) groups is 1. The van der Waals surface area contributed by atoms with Crippen LogP contribution in [0, 0.1) is 0 Å². The van der Waals surface area contributed by atoms with Crippen LogP contribution in [0.5, 0.6) is 0 Å². The first-order valence-electron chi connectivity index (χ1n) is 4.02. The zero-order valence-corrected chi connectivity index (χ0v) is 8.07. The van der Waals surface area contributed by atoms with Crippen molar-refractivity contribution in [2.24, 2.45) is 0 Å². The van der Waals surface area contributed by atoms with Crippen LogP contribution in [-0.4, -0.2) is 20.6 Å². The maximum atomic E-state index is 10.6. The van der Waals surface area contributed by atoms with Crippen molar-refractivity contribution in [3.63, 3.8) is 0 Å². The molecular formula is C9H8N2O2S. The molecule has 4 nitrogen and oxygen atoms in total. The first kappa shape index (κ1) is 8.96. The Labute approximate surface area is 84.5 Å². The second-order valence-corrected chi connectivity index (χ2v) is 3.77. The van der Waals surface area contributed by atoms with Gasteiger partial charge in [-0.3, -0.25) is 0 Å². The van der Waals surface area contributed by atoms with Crippen LogP contribution < -0.4 is 0 Å². The smallest absolute Gasteiger partial charge is 0.345 e. The Bertz CT molecular complexity index is 433. The summed E-state index contributed by atoms with van der Waals surface area (Å²) in [7, 11) is 0. The minimum absolute atomic E-state index is 0.375. The molecule has 2 heterocycles. The molecule has 0 atom stereocenters. The number of carboxylic acids is 1. The Morgan fingerprint density at radius 3 is 3.07 bits per heavy atom. The highest BCUT2D eigenvalue weighted by Crippen LogP contribution is 2.15. The van der Waals surface area contributed by atoms with E-state index >= 15 is 0 Å². The van der Waals surface area contributed by atoms with Crippen molar-refractivity contribution in [2.45, 2.75) is 6.54 Å². The molecule has 5 heteroatoms. The average molecular weight is 208 g/mol. The number of thiophene rings is 1. The molecule has 0 aliphatic heterocycles. The third-order valence-electron chi connectivity index (χ3n) is 1.79. The van der Waals surface area contributed by atoms with E-state index in [2.05, 4.69) is 4.98 Å². The van der Waals surface area contributed by atoms with Gasteiger partial charge in [-0.15, -0.1) is 11.3 Å². The quantitative estimate of drug-likeness (QED) is 0.835. The third-order valence-corrected chi connectivity index (χ3v) is 2.76. The lowest BCUT2D eigenvalue weighted by Crippen LogP contribution is -1.95. The Kier molecular flexibility index (Phi) is 2.32. The maximum absolute atomic E-state index is 10.6. The van der Waals surface area contributed by atoms with Gasteiger partial charge in [-0.05, 0) is 17.0 Å². The number of hydrogen-bond donors (Lipinski definition) is 1. The van der Waals surface area contributed by atoms with Crippen molar-refractivity contribution in [3.05, 3.63) is 40.6 Å². The number of rotatable bonds is 3. The van der Waals surface area contributed by atoms with E-state index in [1.165, 1.54) is 11.3 Å². The minimum Gasteiger partial charge on any atom is -0.477 e. The van der Waals surface area contributed by atoms with Gasteiger partial charge in [0.05, 0.1) is 6.33 Å². The van der Waals surface area contributed by atoms with Crippen LogP contribution in [0.2, 0.25) is 0 Å². The van der Waals surface area contributed by atoms with Crippen LogP contribution in [0.3, 0.4) is 0 Å². The topological polar surface area (TPSA) is 55.1 Å². The number of nitrogens with zero attached hydrogens (tertiary/aromatic N) is 2. The normalized spacial score (nSPS) is 10.3. The molecule has 0 aliphatic carbocycles. The summed E-state index contributed by atoms with van der Waals surface area (Å²) < 4.78 is 1.90. The molecule has 0 saturated carbocycles. The summed E-state index contributed by atoms with van der Waals surface area (Å²) in [5, 5.41) is 10.6. The summed E-state index contributed by atoms with van der Waals surface area (Å²) in [6.07, 6.45) is 5.25. The fourth-order valence-electron chi connectivity index (χ4n) is 1.16. The first-order valence-corrected chi connectivity index (χ1v) is 4.90. The van der Waals surface area contributed by atoms with Gasteiger partial charge < -0.3 is 9.67 Å². The van der Waals surface area contributed by atoms with Crippen molar-refractivity contribution in [1.29, 1.82) is 0 Å². The summed E-state index contributed by atoms with van der Waals surface area (Å²) in [5.74, 6) is -0.869. The second kappa shape index (κ2) is 3.63. The summed E-state index contributed by atoms with van der Waals surface area (Å²) in [5.41, 5.74) is 0.991. The lowest BCUT2D eigenvalue weighted by Gasteiger charge is -1.96. The van der Waals surface area contributed by atoms with Crippen LogP contribution in [0.15, 0.2) is 30.2 Å². The van der Waals surface area contributed by atoms with E-state index in [1.807, 2.05) is 16.1 Å². The van der Waals surface area contributed by atoms with Crippen LogP contribution in [0.25, 0.3) is 0 Å². The SMILES string of the molecule is O=C(O)c1cc(Cn2ccnc2)cs1. The molecule has 2 aromatic heterocycles. The van der Waals surface area contributed by atoms with E-state index in [9.17, 15) is 4.79 Å². The Morgan fingerprint density at radius 2 is 2.50 bits per heavy atom. The number of hydrogen-bond acceptors (Lipinski definition) is 3. The predicted molar refractivity (Wildman–Crippen MR) is 52.6 cm³/mol. The van der Waals surface area contributed by atoms with Gasteiger partial charge >= 0.3 is 5.97 Å². The second-order valence-electron chi connectivity index (χ2n) is 2.86. The van der Waals surface area contributed by atoms with Gasteiger partial charge in [0.1, 0.15) is 4.88 Å². The van der Waals surface area contributed by atoms with Gasteiger partial charge in [-0.25, -0.2) is 9.78 Å². The molecule has 14 heavy (non-hydrogen) atoms. The molecule has 0 aromatic carbocycles. The van der Waals surface area contributed by atoms with Gasteiger partial charge in [0.15, 0.2) is 0 Å². The Morgan fingerprint density at radius 1 is 1.64 bits per heavy atom. The largest absolute Gasteiger partial charge is 0.477 e. The van der Waals surface area contributed by atoms with Gasteiger partial charge in [0.25, 0.3) is 0 Å². The molecule has 0 aliphatic rings. The molecule has 1 N–H and O–H groups in total. The molecule has 0 unspecified atom stereocenters. The molecule has 2 aromatic rings. The highest BCUT2D eigenvalue weighted by atomic mass is 32.1. The minimum atomic E-state index is -0.869. The summed E-state index contributed by atoms with van der Waals surface area (Å²) in [4.78, 5) is 14.9. The fourth-order valence-corrected chi connectivity index (χ4v) is 1.90. The molecular weight excluding hydrogens is 200 g/mol. The Balaban J connectivity index is 2.14. The molecule has 72 valence electrons. The molecule has 0 saturated heterocycles. The summed E-state index contributed by atoms with van der Waals surface area (Å²) >= 11 is 1.25. The predicted octanol–water partition coefficient (Wildman–Crippen LogP) is 1.69. The average Bonchev–Trinajstić information content (AvgIpc) is 2.75. The number of aromatic carboxylic acids is 1. The molecule has 0 amide bonds. The molecule has 0 fully saturated rings. The van der Waals surface area contributed by atoms with E-state index < -0.39 is 5.97 Å². The zero-order chi connectivity index (χ0) is 9.97. The van der Waals surface area contributed by atoms with E-state index in [0.717, 1.165) is 5.56 Å². The van der Waals surface area contributed by atoms with Crippen LogP contribution in [0.1, 0.15) is 15.2 Å². The van der Waals surface area contributed by atoms with Crippen molar-refractivity contribution in [1.82, 2.24) is 9.55 Å². The summed E-state index contributed by atoms with van der Waals surface area (Å²) in [6.45, 7) is 0.670. The van der Waals surface area contributed by atoms with Crippen LogP contribution in [-0.2, 0) is 6.54 Å². The van der Waals surface area contributed by atoms with Gasteiger partial charge in [-0.1, -0.05) is 0 Å². The standard InChI is InChI=1S/C9H8N2O2S/c12-9(13)8-3-7(5-14-8)4-11-2-1-10-6-11/h1-3,5-6H,4H2,(H,12,13). The van der Waals surface area contributed by atoms with Crippen molar-refractivity contribution >= 4 is 17.3 Å². The highest BCUT2D eigenvalue weighted by molar-refractivity contribution is 7.12. The lowest BCUT2D eigenvalue weighted by atomic mass is 10.3. The lowest BCUT2D eigenvalue weighted by molar-refractivity contribution is 0.0702.